The van der Waals surface area contributed by atoms with Gasteiger partial charge >= 0.3 is 5.76 Å². The summed E-state index contributed by atoms with van der Waals surface area (Å²) in [4.78, 5) is 13.7. The van der Waals surface area contributed by atoms with Crippen molar-refractivity contribution in [2.45, 2.75) is 25.8 Å². The standard InChI is InChI=1S/C14H18N2O3/c17-9-14(4-1-5-14)8-15-7-10-2-3-11-12(6-10)19-13(18)16-11/h2-3,6,15,17H,1,4-5,7-9H2,(H,16,18). The van der Waals surface area contributed by atoms with Crippen LogP contribution < -0.4 is 11.1 Å². The van der Waals surface area contributed by atoms with Crippen LogP contribution >= 0.6 is 0 Å². The number of fused-ring (bicyclic) bond motifs is 1. The third-order valence-corrected chi connectivity index (χ3v) is 4.06. The zero-order valence-corrected chi connectivity index (χ0v) is 10.7. The van der Waals surface area contributed by atoms with E-state index < -0.39 is 5.76 Å². The van der Waals surface area contributed by atoms with Gasteiger partial charge in [0.2, 0.25) is 0 Å². The molecule has 1 aromatic carbocycles. The summed E-state index contributed by atoms with van der Waals surface area (Å²) in [5.74, 6) is -0.422. The lowest BCUT2D eigenvalue weighted by atomic mass is 9.69. The highest BCUT2D eigenvalue weighted by atomic mass is 16.4. The molecule has 1 aliphatic carbocycles. The second kappa shape index (κ2) is 4.83. The first-order chi connectivity index (χ1) is 9.21. The van der Waals surface area contributed by atoms with Gasteiger partial charge in [-0.15, -0.1) is 0 Å². The van der Waals surface area contributed by atoms with E-state index in [4.69, 9.17) is 4.42 Å². The van der Waals surface area contributed by atoms with Crippen molar-refractivity contribution in [2.24, 2.45) is 5.41 Å². The van der Waals surface area contributed by atoms with Crippen LogP contribution in [-0.2, 0) is 6.54 Å². The molecule has 1 fully saturated rings. The Labute approximate surface area is 110 Å². The minimum absolute atomic E-state index is 0.0880. The van der Waals surface area contributed by atoms with Crippen LogP contribution in [0.2, 0.25) is 0 Å². The largest absolute Gasteiger partial charge is 0.417 e. The number of nitrogens with one attached hydrogen (secondary N) is 2. The predicted octanol–water partition coefficient (Wildman–Crippen LogP) is 1.37. The zero-order chi connectivity index (χ0) is 13.3. The van der Waals surface area contributed by atoms with Crippen LogP contribution in [-0.4, -0.2) is 23.2 Å². The Morgan fingerprint density at radius 2 is 2.26 bits per heavy atom. The molecule has 2 aromatic rings. The van der Waals surface area contributed by atoms with Gasteiger partial charge in [-0.05, 0) is 30.5 Å². The molecule has 1 heterocycles. The van der Waals surface area contributed by atoms with Crippen LogP contribution in [0.25, 0.3) is 11.1 Å². The van der Waals surface area contributed by atoms with Gasteiger partial charge in [-0.25, -0.2) is 4.79 Å². The molecule has 0 radical (unpaired) electrons. The van der Waals surface area contributed by atoms with E-state index in [-0.39, 0.29) is 12.0 Å². The van der Waals surface area contributed by atoms with Gasteiger partial charge in [0, 0.05) is 25.1 Å². The number of hydrogen-bond donors (Lipinski definition) is 3. The highest BCUT2D eigenvalue weighted by Crippen LogP contribution is 2.39. The van der Waals surface area contributed by atoms with Crippen molar-refractivity contribution in [1.82, 2.24) is 10.3 Å². The normalized spacial score (nSPS) is 17.5. The van der Waals surface area contributed by atoms with Gasteiger partial charge in [0.05, 0.1) is 5.52 Å². The van der Waals surface area contributed by atoms with Crippen LogP contribution in [0.5, 0.6) is 0 Å². The molecular weight excluding hydrogens is 244 g/mol. The Hall–Kier alpha value is -1.59. The molecule has 5 nitrogen and oxygen atoms in total. The molecule has 0 unspecified atom stereocenters. The number of aromatic amines is 1. The third kappa shape index (κ3) is 2.43. The molecule has 1 aliphatic rings. The fourth-order valence-corrected chi connectivity index (χ4v) is 2.64. The number of aromatic nitrogens is 1. The summed E-state index contributed by atoms with van der Waals surface area (Å²) in [6, 6.07) is 5.68. The molecule has 19 heavy (non-hydrogen) atoms. The maximum absolute atomic E-state index is 11.1. The number of aliphatic hydroxyl groups excluding tert-OH is 1. The van der Waals surface area contributed by atoms with Gasteiger partial charge in [0.15, 0.2) is 5.58 Å². The summed E-state index contributed by atoms with van der Waals surface area (Å²) in [5.41, 5.74) is 2.47. The number of benzene rings is 1. The lowest BCUT2D eigenvalue weighted by Crippen LogP contribution is -2.42. The first-order valence-corrected chi connectivity index (χ1v) is 6.64. The molecule has 102 valence electrons. The molecule has 3 N–H and O–H groups in total. The Kier molecular flexibility index (Phi) is 3.16. The van der Waals surface area contributed by atoms with Crippen LogP contribution in [0.4, 0.5) is 0 Å². The second-order valence-electron chi connectivity index (χ2n) is 5.46. The minimum Gasteiger partial charge on any atom is -0.408 e. The first kappa shape index (κ1) is 12.4. The molecule has 3 rings (SSSR count). The maximum Gasteiger partial charge on any atom is 0.417 e. The van der Waals surface area contributed by atoms with Crippen molar-refractivity contribution in [3.63, 3.8) is 0 Å². The number of aliphatic hydroxyl groups is 1. The molecule has 1 saturated carbocycles. The topological polar surface area (TPSA) is 78.3 Å². The van der Waals surface area contributed by atoms with Gasteiger partial charge in [-0.2, -0.15) is 0 Å². The van der Waals surface area contributed by atoms with Gasteiger partial charge in [0.25, 0.3) is 0 Å². The van der Waals surface area contributed by atoms with Crippen molar-refractivity contribution in [3.8, 4) is 0 Å². The summed E-state index contributed by atoms with van der Waals surface area (Å²) >= 11 is 0. The van der Waals surface area contributed by atoms with Gasteiger partial charge in [0.1, 0.15) is 0 Å². The number of rotatable bonds is 5. The zero-order valence-electron chi connectivity index (χ0n) is 10.7. The maximum atomic E-state index is 11.1. The van der Waals surface area contributed by atoms with Gasteiger partial charge in [-0.1, -0.05) is 12.5 Å². The number of hydrogen-bond acceptors (Lipinski definition) is 4. The smallest absolute Gasteiger partial charge is 0.408 e. The number of oxazole rings is 1. The lowest BCUT2D eigenvalue weighted by molar-refractivity contribution is 0.0445. The molecule has 0 bridgehead atoms. The second-order valence-corrected chi connectivity index (χ2v) is 5.46. The highest BCUT2D eigenvalue weighted by molar-refractivity contribution is 5.72. The summed E-state index contributed by atoms with van der Waals surface area (Å²) in [6.45, 7) is 1.80. The highest BCUT2D eigenvalue weighted by Gasteiger charge is 2.35. The fourth-order valence-electron chi connectivity index (χ4n) is 2.64. The lowest BCUT2D eigenvalue weighted by Gasteiger charge is -2.40. The molecular formula is C14H18N2O3. The third-order valence-electron chi connectivity index (χ3n) is 4.06. The van der Waals surface area contributed by atoms with Crippen molar-refractivity contribution in [1.29, 1.82) is 0 Å². The Balaban J connectivity index is 1.63. The van der Waals surface area contributed by atoms with E-state index in [1.807, 2.05) is 18.2 Å². The van der Waals surface area contributed by atoms with Crippen LogP contribution in [0.15, 0.2) is 27.4 Å². The first-order valence-electron chi connectivity index (χ1n) is 6.64. The SMILES string of the molecule is O=c1[nH]c2ccc(CNCC3(CO)CCC3)cc2o1. The average molecular weight is 262 g/mol. The molecule has 0 saturated heterocycles. The summed E-state index contributed by atoms with van der Waals surface area (Å²) in [7, 11) is 0. The van der Waals surface area contributed by atoms with Crippen molar-refractivity contribution in [3.05, 3.63) is 34.3 Å². The van der Waals surface area contributed by atoms with E-state index in [9.17, 15) is 9.90 Å². The Morgan fingerprint density at radius 1 is 1.42 bits per heavy atom. The van der Waals surface area contributed by atoms with Crippen LogP contribution in [0.1, 0.15) is 24.8 Å². The molecule has 1 aromatic heterocycles. The molecule has 0 spiro atoms. The van der Waals surface area contributed by atoms with E-state index in [0.29, 0.717) is 12.1 Å². The van der Waals surface area contributed by atoms with Crippen LogP contribution in [0, 0.1) is 5.41 Å². The van der Waals surface area contributed by atoms with E-state index in [2.05, 4.69) is 10.3 Å². The fraction of sp³-hybridized carbons (Fsp3) is 0.500. The van der Waals surface area contributed by atoms with Gasteiger partial charge < -0.3 is 14.8 Å². The number of H-pyrrole nitrogens is 1. The van der Waals surface area contributed by atoms with E-state index in [0.717, 1.165) is 30.5 Å². The monoisotopic (exact) mass is 262 g/mol. The molecule has 0 atom stereocenters. The molecule has 0 amide bonds. The van der Waals surface area contributed by atoms with E-state index in [1.165, 1.54) is 6.42 Å². The Bertz CT molecular complexity index is 619. The van der Waals surface area contributed by atoms with Gasteiger partial charge in [-0.3, -0.25) is 4.98 Å². The minimum atomic E-state index is -0.422. The van der Waals surface area contributed by atoms with E-state index in [1.54, 1.807) is 0 Å². The Morgan fingerprint density at radius 3 is 2.95 bits per heavy atom. The van der Waals surface area contributed by atoms with Crippen molar-refractivity contribution >= 4 is 11.1 Å². The summed E-state index contributed by atoms with van der Waals surface area (Å²) in [6.07, 6.45) is 3.41. The van der Waals surface area contributed by atoms with Crippen molar-refractivity contribution < 1.29 is 9.52 Å². The predicted molar refractivity (Wildman–Crippen MR) is 71.9 cm³/mol. The molecule has 0 aliphatic heterocycles. The van der Waals surface area contributed by atoms with E-state index >= 15 is 0 Å². The quantitative estimate of drug-likeness (QED) is 0.760. The molecule has 5 heteroatoms. The summed E-state index contributed by atoms with van der Waals surface area (Å²) < 4.78 is 5.03. The van der Waals surface area contributed by atoms with Crippen LogP contribution in [0.3, 0.4) is 0 Å². The average Bonchev–Trinajstić information content (AvgIpc) is 2.72. The van der Waals surface area contributed by atoms with Crippen molar-refractivity contribution in [2.75, 3.05) is 13.2 Å². The summed E-state index contributed by atoms with van der Waals surface area (Å²) in [5, 5.41) is 12.8.